The van der Waals surface area contributed by atoms with Crippen LogP contribution in [0.5, 0.6) is 0 Å². The SMILES string of the molecule is COC(C)(C)CCOC(C)(C)CCOC(C)(C)CC(C)(C)NC(=O)C(C)(C)CC(C)(C)N1C(=O)CC(C)C1=O. The Bertz CT molecular complexity index is 872. The number of nitrogens with one attached hydrogen (secondary N) is 1. The Kier molecular flexibility index (Phi) is 11.4. The van der Waals surface area contributed by atoms with E-state index in [1.54, 1.807) is 14.0 Å². The van der Waals surface area contributed by atoms with Crippen LogP contribution in [0.25, 0.3) is 0 Å². The molecule has 1 aliphatic heterocycles. The van der Waals surface area contributed by atoms with Crippen molar-refractivity contribution in [2.45, 2.75) is 150 Å². The summed E-state index contributed by atoms with van der Waals surface area (Å²) in [6.45, 7) is 26.7. The smallest absolute Gasteiger partial charge is 0.233 e. The van der Waals surface area contributed by atoms with Gasteiger partial charge in [0.1, 0.15) is 0 Å². The maximum Gasteiger partial charge on any atom is 0.233 e. The van der Waals surface area contributed by atoms with Crippen LogP contribution in [0.15, 0.2) is 0 Å². The highest BCUT2D eigenvalue weighted by Gasteiger charge is 2.48. The molecule has 0 aliphatic carbocycles. The van der Waals surface area contributed by atoms with Crippen LogP contribution in [-0.4, -0.2) is 70.8 Å². The summed E-state index contributed by atoms with van der Waals surface area (Å²) in [5.74, 6) is -0.750. The number of hydrogen-bond acceptors (Lipinski definition) is 6. The molecule has 0 saturated carbocycles. The van der Waals surface area contributed by atoms with Crippen LogP contribution in [-0.2, 0) is 28.6 Å². The van der Waals surface area contributed by atoms with E-state index in [9.17, 15) is 14.4 Å². The topological polar surface area (TPSA) is 94.2 Å². The number of carbonyl (C=O) groups excluding carboxylic acids is 3. The van der Waals surface area contributed by atoms with Gasteiger partial charge in [-0.25, -0.2) is 0 Å². The summed E-state index contributed by atoms with van der Waals surface area (Å²) >= 11 is 0. The summed E-state index contributed by atoms with van der Waals surface area (Å²) in [6, 6.07) is 0. The molecule has 0 bridgehead atoms. The molecule has 0 aromatic heterocycles. The fourth-order valence-electron chi connectivity index (χ4n) is 5.62. The second-order valence-corrected chi connectivity index (χ2v) is 15.2. The second-order valence-electron chi connectivity index (χ2n) is 15.2. The van der Waals surface area contributed by atoms with Gasteiger partial charge in [0.2, 0.25) is 17.7 Å². The predicted molar refractivity (Wildman–Crippen MR) is 155 cm³/mol. The standard InChI is InChI=1S/C31H58N2O6/c1-22-19-23(34)33(24(22)35)28(6,7)20-26(2,3)25(36)32-27(4,5)21-31(12,13)39-18-16-30(10,11)38-17-15-29(8,9)37-14/h22H,15-21H2,1-14H3,(H,32,36). The van der Waals surface area contributed by atoms with Crippen molar-refractivity contribution in [1.82, 2.24) is 10.2 Å². The van der Waals surface area contributed by atoms with E-state index in [0.29, 0.717) is 26.1 Å². The van der Waals surface area contributed by atoms with E-state index in [0.717, 1.165) is 12.8 Å². The molecule has 1 atom stereocenters. The first-order valence-corrected chi connectivity index (χ1v) is 14.4. The molecule has 39 heavy (non-hydrogen) atoms. The number of amides is 3. The Morgan fingerprint density at radius 2 is 1.31 bits per heavy atom. The first-order valence-electron chi connectivity index (χ1n) is 14.4. The molecule has 228 valence electrons. The van der Waals surface area contributed by atoms with E-state index in [4.69, 9.17) is 14.2 Å². The third-order valence-electron chi connectivity index (χ3n) is 7.73. The fraction of sp³-hybridized carbons (Fsp3) is 0.903. The van der Waals surface area contributed by atoms with Crippen molar-refractivity contribution in [1.29, 1.82) is 0 Å². The lowest BCUT2D eigenvalue weighted by molar-refractivity contribution is -0.149. The van der Waals surface area contributed by atoms with Crippen LogP contribution in [0.1, 0.15) is 122 Å². The van der Waals surface area contributed by atoms with Crippen molar-refractivity contribution in [3.05, 3.63) is 0 Å². The van der Waals surface area contributed by atoms with Crippen molar-refractivity contribution >= 4 is 17.7 Å². The van der Waals surface area contributed by atoms with Crippen molar-refractivity contribution in [2.24, 2.45) is 11.3 Å². The van der Waals surface area contributed by atoms with Gasteiger partial charge >= 0.3 is 0 Å². The third kappa shape index (κ3) is 11.1. The molecule has 0 aromatic carbocycles. The van der Waals surface area contributed by atoms with Crippen molar-refractivity contribution in [3.63, 3.8) is 0 Å². The molecular weight excluding hydrogens is 496 g/mol. The predicted octanol–water partition coefficient (Wildman–Crippen LogP) is 5.66. The number of likely N-dealkylation sites (tertiary alicyclic amines) is 1. The van der Waals surface area contributed by atoms with Gasteiger partial charge in [-0.05, 0) is 94.9 Å². The number of imide groups is 1. The van der Waals surface area contributed by atoms with Crippen LogP contribution in [0.3, 0.4) is 0 Å². The van der Waals surface area contributed by atoms with E-state index < -0.39 is 22.1 Å². The first kappa shape index (κ1) is 35.5. The summed E-state index contributed by atoms with van der Waals surface area (Å²) in [7, 11) is 1.71. The average Bonchev–Trinajstić information content (AvgIpc) is 2.97. The zero-order chi connectivity index (χ0) is 30.7. The summed E-state index contributed by atoms with van der Waals surface area (Å²) in [6.07, 6.45) is 2.75. The van der Waals surface area contributed by atoms with Gasteiger partial charge in [0.15, 0.2) is 0 Å². The highest BCUT2D eigenvalue weighted by Crippen LogP contribution is 2.37. The molecule has 0 aromatic rings. The first-order chi connectivity index (χ1) is 17.4. The second kappa shape index (κ2) is 12.6. The van der Waals surface area contributed by atoms with Gasteiger partial charge in [-0.3, -0.25) is 19.3 Å². The van der Waals surface area contributed by atoms with Crippen LogP contribution >= 0.6 is 0 Å². The van der Waals surface area contributed by atoms with Gasteiger partial charge in [0, 0.05) is 35.9 Å². The number of carbonyl (C=O) groups is 3. The lowest BCUT2D eigenvalue weighted by Crippen LogP contribution is -2.56. The monoisotopic (exact) mass is 554 g/mol. The summed E-state index contributed by atoms with van der Waals surface area (Å²) in [5.41, 5.74) is -3.10. The van der Waals surface area contributed by atoms with Crippen molar-refractivity contribution in [3.8, 4) is 0 Å². The lowest BCUT2D eigenvalue weighted by Gasteiger charge is -2.42. The van der Waals surface area contributed by atoms with Gasteiger partial charge in [-0.15, -0.1) is 0 Å². The zero-order valence-electron chi connectivity index (χ0n) is 27.4. The molecule has 1 unspecified atom stereocenters. The lowest BCUT2D eigenvalue weighted by atomic mass is 9.77. The van der Waals surface area contributed by atoms with Crippen LogP contribution in [0, 0.1) is 11.3 Å². The van der Waals surface area contributed by atoms with E-state index >= 15 is 0 Å². The molecule has 0 radical (unpaired) electrons. The summed E-state index contributed by atoms with van der Waals surface area (Å²) < 4.78 is 17.9. The summed E-state index contributed by atoms with van der Waals surface area (Å²) in [5, 5.41) is 3.21. The molecule has 0 spiro atoms. The van der Waals surface area contributed by atoms with Crippen LogP contribution in [0.2, 0.25) is 0 Å². The largest absolute Gasteiger partial charge is 0.379 e. The molecular formula is C31H58N2O6. The molecule has 1 fully saturated rings. The zero-order valence-corrected chi connectivity index (χ0v) is 27.4. The van der Waals surface area contributed by atoms with Gasteiger partial charge < -0.3 is 19.5 Å². The van der Waals surface area contributed by atoms with Gasteiger partial charge in [-0.2, -0.15) is 0 Å². The van der Waals surface area contributed by atoms with Gasteiger partial charge in [0.05, 0.1) is 30.0 Å². The Balaban J connectivity index is 2.69. The number of hydrogen-bond donors (Lipinski definition) is 1. The Hall–Kier alpha value is -1.51. The van der Waals surface area contributed by atoms with Crippen molar-refractivity contribution < 1.29 is 28.6 Å². The van der Waals surface area contributed by atoms with E-state index in [1.807, 2.05) is 69.2 Å². The normalized spacial score (nSPS) is 18.2. The van der Waals surface area contributed by atoms with Crippen LogP contribution in [0.4, 0.5) is 0 Å². The van der Waals surface area contributed by atoms with E-state index in [1.165, 1.54) is 4.90 Å². The molecule has 3 amide bonds. The van der Waals surface area contributed by atoms with E-state index in [-0.39, 0.29) is 41.3 Å². The molecule has 8 heteroatoms. The Morgan fingerprint density at radius 3 is 1.77 bits per heavy atom. The average molecular weight is 555 g/mol. The maximum atomic E-state index is 13.5. The number of ether oxygens (including phenoxy) is 3. The maximum absolute atomic E-state index is 13.5. The minimum Gasteiger partial charge on any atom is -0.379 e. The number of rotatable bonds is 16. The quantitative estimate of drug-likeness (QED) is 0.248. The minimum absolute atomic E-state index is 0.114. The fourth-order valence-corrected chi connectivity index (χ4v) is 5.62. The number of nitrogens with zero attached hydrogens (tertiary/aromatic N) is 1. The van der Waals surface area contributed by atoms with Crippen LogP contribution < -0.4 is 5.32 Å². The molecule has 1 rings (SSSR count). The Labute approximate surface area is 238 Å². The van der Waals surface area contributed by atoms with Gasteiger partial charge in [0.25, 0.3) is 0 Å². The Morgan fingerprint density at radius 1 is 0.821 bits per heavy atom. The van der Waals surface area contributed by atoms with E-state index in [2.05, 4.69) is 19.2 Å². The molecule has 1 heterocycles. The molecule has 1 saturated heterocycles. The molecule has 1 N–H and O–H groups in total. The highest BCUT2D eigenvalue weighted by molar-refractivity contribution is 6.04. The van der Waals surface area contributed by atoms with Gasteiger partial charge in [-0.1, -0.05) is 20.8 Å². The highest BCUT2D eigenvalue weighted by atomic mass is 16.5. The minimum atomic E-state index is -0.795. The molecule has 1 aliphatic rings. The summed E-state index contributed by atoms with van der Waals surface area (Å²) in [4.78, 5) is 40.0. The molecule has 8 nitrogen and oxygen atoms in total. The van der Waals surface area contributed by atoms with Crippen molar-refractivity contribution in [2.75, 3.05) is 20.3 Å². The third-order valence-corrected chi connectivity index (χ3v) is 7.73. The number of methoxy groups -OCH3 is 1.